The molecule has 0 saturated carbocycles. The number of pyridine rings is 1. The van der Waals surface area contributed by atoms with E-state index in [1.165, 1.54) is 30.5 Å². The van der Waals surface area contributed by atoms with Gasteiger partial charge in [0.1, 0.15) is 28.7 Å². The number of hydrogen-bond acceptors (Lipinski definition) is 4. The average molecular weight is 304 g/mol. The third-order valence-corrected chi connectivity index (χ3v) is 2.41. The van der Waals surface area contributed by atoms with Gasteiger partial charge in [0, 0.05) is 0 Å². The number of benzene rings is 1. The zero-order chi connectivity index (χ0) is 16.2. The molecule has 0 atom stereocenters. The molecule has 0 spiro atoms. The van der Waals surface area contributed by atoms with Gasteiger partial charge in [0.15, 0.2) is 0 Å². The second-order valence-electron chi connectivity index (χ2n) is 5.56. The highest BCUT2D eigenvalue weighted by atomic mass is 19.1. The molecule has 6 heteroatoms. The first-order valence-electron chi connectivity index (χ1n) is 6.71. The van der Waals surface area contributed by atoms with Crippen LogP contribution in [0.4, 0.5) is 15.0 Å². The lowest BCUT2D eigenvalue weighted by Gasteiger charge is -2.19. The minimum Gasteiger partial charge on any atom is -0.456 e. The van der Waals surface area contributed by atoms with Crippen LogP contribution < -0.4 is 10.1 Å². The minimum absolute atomic E-state index is 0.331. The van der Waals surface area contributed by atoms with E-state index in [4.69, 9.17) is 9.47 Å². The molecule has 0 bridgehead atoms. The van der Waals surface area contributed by atoms with Gasteiger partial charge in [0.2, 0.25) is 0 Å². The SMILES string of the molecule is CC(C)(C)OC(=O)Nc1ccc(Oc2ccc(F)cc2)cn1. The van der Waals surface area contributed by atoms with Crippen molar-refractivity contribution in [3.05, 3.63) is 48.4 Å². The molecule has 5 nitrogen and oxygen atoms in total. The summed E-state index contributed by atoms with van der Waals surface area (Å²) < 4.78 is 23.4. The highest BCUT2D eigenvalue weighted by Gasteiger charge is 2.16. The van der Waals surface area contributed by atoms with Crippen LogP contribution >= 0.6 is 0 Å². The number of rotatable bonds is 3. The molecule has 0 aliphatic rings. The second kappa shape index (κ2) is 6.43. The fourth-order valence-corrected chi connectivity index (χ4v) is 1.56. The first-order chi connectivity index (χ1) is 10.3. The molecule has 2 aromatic rings. The number of hydrogen-bond donors (Lipinski definition) is 1. The number of nitrogens with one attached hydrogen (secondary N) is 1. The molecule has 0 aliphatic heterocycles. The van der Waals surface area contributed by atoms with Gasteiger partial charge in [-0.3, -0.25) is 5.32 Å². The molecule has 1 aromatic heterocycles. The van der Waals surface area contributed by atoms with Crippen LogP contribution in [-0.2, 0) is 4.74 Å². The van der Waals surface area contributed by atoms with Crippen LogP contribution in [0.5, 0.6) is 11.5 Å². The van der Waals surface area contributed by atoms with Crippen molar-refractivity contribution in [2.45, 2.75) is 26.4 Å². The third-order valence-electron chi connectivity index (χ3n) is 2.41. The maximum atomic E-state index is 12.8. The van der Waals surface area contributed by atoms with E-state index in [0.29, 0.717) is 17.3 Å². The standard InChI is InChI=1S/C16H17FN2O3/c1-16(2,3)22-15(20)19-14-9-8-13(10-18-14)21-12-6-4-11(17)5-7-12/h4-10H,1-3H3,(H,18,19,20). The van der Waals surface area contributed by atoms with Crippen LogP contribution in [0.2, 0.25) is 0 Å². The summed E-state index contributed by atoms with van der Waals surface area (Å²) in [6.45, 7) is 5.33. The summed E-state index contributed by atoms with van der Waals surface area (Å²) >= 11 is 0. The first-order valence-corrected chi connectivity index (χ1v) is 6.71. The maximum absolute atomic E-state index is 12.8. The predicted molar refractivity (Wildman–Crippen MR) is 80.6 cm³/mol. The summed E-state index contributed by atoms with van der Waals surface area (Å²) in [7, 11) is 0. The molecule has 0 fully saturated rings. The monoisotopic (exact) mass is 304 g/mol. The van der Waals surface area contributed by atoms with Gasteiger partial charge in [-0.1, -0.05) is 0 Å². The molecule has 0 radical (unpaired) electrons. The first kappa shape index (κ1) is 15.8. The molecule has 1 aromatic carbocycles. The topological polar surface area (TPSA) is 60.5 Å². The molecular weight excluding hydrogens is 287 g/mol. The van der Waals surface area contributed by atoms with E-state index in [9.17, 15) is 9.18 Å². The number of anilines is 1. The summed E-state index contributed by atoms with van der Waals surface area (Å²) in [5.74, 6) is 0.987. The van der Waals surface area contributed by atoms with Crippen molar-refractivity contribution >= 4 is 11.9 Å². The Bertz CT molecular complexity index is 634. The molecule has 1 amide bonds. The van der Waals surface area contributed by atoms with E-state index in [1.54, 1.807) is 32.9 Å². The van der Waals surface area contributed by atoms with Crippen molar-refractivity contribution < 1.29 is 18.7 Å². The number of carbonyl (C=O) groups excluding carboxylic acids is 1. The van der Waals surface area contributed by atoms with Crippen LogP contribution in [0.15, 0.2) is 42.6 Å². The zero-order valence-corrected chi connectivity index (χ0v) is 12.6. The van der Waals surface area contributed by atoms with Gasteiger partial charge >= 0.3 is 6.09 Å². The number of carbonyl (C=O) groups is 1. The summed E-state index contributed by atoms with van der Waals surface area (Å²) in [4.78, 5) is 15.6. The Morgan fingerprint density at radius 3 is 2.27 bits per heavy atom. The van der Waals surface area contributed by atoms with Crippen molar-refractivity contribution in [3.8, 4) is 11.5 Å². The van der Waals surface area contributed by atoms with Crippen LogP contribution in [0.25, 0.3) is 0 Å². The Balaban J connectivity index is 1.95. The van der Waals surface area contributed by atoms with E-state index in [-0.39, 0.29) is 5.82 Å². The van der Waals surface area contributed by atoms with Gasteiger partial charge in [-0.05, 0) is 57.2 Å². The minimum atomic E-state index is -0.577. The lowest BCUT2D eigenvalue weighted by atomic mass is 10.2. The summed E-state index contributed by atoms with van der Waals surface area (Å²) in [6.07, 6.45) is 0.878. The van der Waals surface area contributed by atoms with Crippen LogP contribution in [0.1, 0.15) is 20.8 Å². The van der Waals surface area contributed by atoms with Gasteiger partial charge in [0.25, 0.3) is 0 Å². The normalized spacial score (nSPS) is 10.9. The van der Waals surface area contributed by atoms with Gasteiger partial charge in [0.05, 0.1) is 6.20 Å². The number of aromatic nitrogens is 1. The summed E-state index contributed by atoms with van der Waals surface area (Å²) in [6, 6.07) is 8.87. The van der Waals surface area contributed by atoms with E-state index >= 15 is 0 Å². The van der Waals surface area contributed by atoms with Crippen molar-refractivity contribution in [3.63, 3.8) is 0 Å². The molecule has 2 rings (SSSR count). The van der Waals surface area contributed by atoms with Crippen LogP contribution in [-0.4, -0.2) is 16.7 Å². The molecular formula is C16H17FN2O3. The fraction of sp³-hybridized carbons (Fsp3) is 0.250. The number of ether oxygens (including phenoxy) is 2. The zero-order valence-electron chi connectivity index (χ0n) is 12.6. The van der Waals surface area contributed by atoms with Gasteiger partial charge in [-0.2, -0.15) is 0 Å². The van der Waals surface area contributed by atoms with Crippen molar-refractivity contribution in [1.82, 2.24) is 4.98 Å². The largest absolute Gasteiger partial charge is 0.456 e. The molecule has 0 aliphatic carbocycles. The molecule has 1 N–H and O–H groups in total. The smallest absolute Gasteiger partial charge is 0.413 e. The van der Waals surface area contributed by atoms with E-state index in [2.05, 4.69) is 10.3 Å². The highest BCUT2D eigenvalue weighted by Crippen LogP contribution is 2.21. The Morgan fingerprint density at radius 2 is 1.73 bits per heavy atom. The number of halogens is 1. The fourth-order valence-electron chi connectivity index (χ4n) is 1.56. The highest BCUT2D eigenvalue weighted by molar-refractivity contribution is 5.83. The van der Waals surface area contributed by atoms with Gasteiger partial charge < -0.3 is 9.47 Å². The molecule has 0 unspecified atom stereocenters. The van der Waals surface area contributed by atoms with Gasteiger partial charge in [-0.15, -0.1) is 0 Å². The van der Waals surface area contributed by atoms with Crippen LogP contribution in [0.3, 0.4) is 0 Å². The summed E-state index contributed by atoms with van der Waals surface area (Å²) in [5, 5.41) is 2.52. The van der Waals surface area contributed by atoms with Gasteiger partial charge in [-0.25, -0.2) is 14.2 Å². The van der Waals surface area contributed by atoms with Crippen molar-refractivity contribution in [2.75, 3.05) is 5.32 Å². The molecule has 22 heavy (non-hydrogen) atoms. The van der Waals surface area contributed by atoms with E-state index < -0.39 is 11.7 Å². The quantitative estimate of drug-likeness (QED) is 0.915. The molecule has 0 saturated heterocycles. The van der Waals surface area contributed by atoms with Crippen molar-refractivity contribution in [2.24, 2.45) is 0 Å². The predicted octanol–water partition coefficient (Wildman–Crippen LogP) is 4.36. The molecule has 1 heterocycles. The second-order valence-corrected chi connectivity index (χ2v) is 5.56. The van der Waals surface area contributed by atoms with E-state index in [0.717, 1.165) is 0 Å². The Kier molecular flexibility index (Phi) is 4.60. The molecule has 116 valence electrons. The summed E-state index contributed by atoms with van der Waals surface area (Å²) in [5.41, 5.74) is -0.574. The Hall–Kier alpha value is -2.63. The third kappa shape index (κ3) is 5.05. The lowest BCUT2D eigenvalue weighted by molar-refractivity contribution is 0.0635. The van der Waals surface area contributed by atoms with Crippen LogP contribution in [0, 0.1) is 5.82 Å². The average Bonchev–Trinajstić information content (AvgIpc) is 2.41. The maximum Gasteiger partial charge on any atom is 0.413 e. The number of amides is 1. The Labute approximate surface area is 128 Å². The van der Waals surface area contributed by atoms with Crippen molar-refractivity contribution in [1.29, 1.82) is 0 Å². The Morgan fingerprint density at radius 1 is 1.09 bits per heavy atom. The number of nitrogens with zero attached hydrogens (tertiary/aromatic N) is 1. The lowest BCUT2D eigenvalue weighted by Crippen LogP contribution is -2.27. The van der Waals surface area contributed by atoms with E-state index in [1.807, 2.05) is 0 Å².